The lowest BCUT2D eigenvalue weighted by Crippen LogP contribution is -2.32. The SMILES string of the molecule is Cc1nc(CN(CCCO)C(C)C)no1. The summed E-state index contributed by atoms with van der Waals surface area (Å²) in [5.41, 5.74) is 0. The lowest BCUT2D eigenvalue weighted by atomic mass is 10.3. The van der Waals surface area contributed by atoms with E-state index in [1.165, 1.54) is 0 Å². The van der Waals surface area contributed by atoms with E-state index >= 15 is 0 Å². The largest absolute Gasteiger partial charge is 0.396 e. The normalized spacial score (nSPS) is 11.6. The Morgan fingerprint density at radius 3 is 2.67 bits per heavy atom. The molecule has 1 rings (SSSR count). The Morgan fingerprint density at radius 1 is 1.47 bits per heavy atom. The van der Waals surface area contributed by atoms with Gasteiger partial charge in [0.25, 0.3) is 0 Å². The van der Waals surface area contributed by atoms with Crippen LogP contribution in [-0.2, 0) is 6.54 Å². The number of aryl methyl sites for hydroxylation is 1. The van der Waals surface area contributed by atoms with Crippen LogP contribution in [0, 0.1) is 6.92 Å². The summed E-state index contributed by atoms with van der Waals surface area (Å²) in [6.07, 6.45) is 0.773. The van der Waals surface area contributed by atoms with Crippen molar-refractivity contribution in [2.24, 2.45) is 0 Å². The van der Waals surface area contributed by atoms with E-state index in [0.717, 1.165) is 13.0 Å². The van der Waals surface area contributed by atoms with Crippen LogP contribution in [0.3, 0.4) is 0 Å². The molecule has 1 aromatic heterocycles. The molecule has 0 aliphatic heterocycles. The summed E-state index contributed by atoms with van der Waals surface area (Å²) in [4.78, 5) is 6.37. The molecule has 0 aliphatic carbocycles. The quantitative estimate of drug-likeness (QED) is 0.763. The topological polar surface area (TPSA) is 62.4 Å². The Balaban J connectivity index is 2.50. The molecule has 0 atom stereocenters. The van der Waals surface area contributed by atoms with Crippen molar-refractivity contribution < 1.29 is 9.63 Å². The van der Waals surface area contributed by atoms with Gasteiger partial charge in [-0.15, -0.1) is 0 Å². The first-order valence-electron chi connectivity index (χ1n) is 5.27. The van der Waals surface area contributed by atoms with Gasteiger partial charge >= 0.3 is 0 Å². The molecule has 0 radical (unpaired) electrons. The highest BCUT2D eigenvalue weighted by molar-refractivity contribution is 4.84. The third-order valence-corrected chi connectivity index (χ3v) is 2.25. The van der Waals surface area contributed by atoms with Crippen molar-refractivity contribution in [1.29, 1.82) is 0 Å². The predicted molar refractivity (Wildman–Crippen MR) is 56.3 cm³/mol. The van der Waals surface area contributed by atoms with Gasteiger partial charge in [0.2, 0.25) is 5.89 Å². The van der Waals surface area contributed by atoms with E-state index in [4.69, 9.17) is 9.63 Å². The smallest absolute Gasteiger partial charge is 0.223 e. The first-order chi connectivity index (χ1) is 7.13. The van der Waals surface area contributed by atoms with Crippen LogP contribution in [0.25, 0.3) is 0 Å². The summed E-state index contributed by atoms with van der Waals surface area (Å²) >= 11 is 0. The molecule has 0 unspecified atom stereocenters. The van der Waals surface area contributed by atoms with E-state index in [0.29, 0.717) is 24.3 Å². The summed E-state index contributed by atoms with van der Waals surface area (Å²) in [7, 11) is 0. The van der Waals surface area contributed by atoms with Crippen molar-refractivity contribution in [3.05, 3.63) is 11.7 Å². The van der Waals surface area contributed by atoms with Gasteiger partial charge in [0, 0.05) is 26.1 Å². The highest BCUT2D eigenvalue weighted by atomic mass is 16.5. The van der Waals surface area contributed by atoms with Crippen LogP contribution in [0.15, 0.2) is 4.52 Å². The van der Waals surface area contributed by atoms with Crippen molar-refractivity contribution in [2.75, 3.05) is 13.2 Å². The molecule has 5 heteroatoms. The van der Waals surface area contributed by atoms with Crippen LogP contribution in [0.4, 0.5) is 0 Å². The van der Waals surface area contributed by atoms with E-state index in [1.54, 1.807) is 6.92 Å². The van der Waals surface area contributed by atoms with E-state index in [2.05, 4.69) is 28.9 Å². The van der Waals surface area contributed by atoms with Crippen LogP contribution in [0.5, 0.6) is 0 Å². The third kappa shape index (κ3) is 3.97. The lowest BCUT2D eigenvalue weighted by molar-refractivity contribution is 0.179. The molecule has 0 saturated carbocycles. The van der Waals surface area contributed by atoms with Crippen LogP contribution in [0.1, 0.15) is 32.0 Å². The van der Waals surface area contributed by atoms with E-state index in [-0.39, 0.29) is 6.61 Å². The standard InChI is InChI=1S/C10H19N3O2/c1-8(2)13(5-4-6-14)7-10-11-9(3)15-12-10/h8,14H,4-7H2,1-3H3. The Bertz CT molecular complexity index is 286. The number of rotatable bonds is 6. The zero-order chi connectivity index (χ0) is 11.3. The zero-order valence-electron chi connectivity index (χ0n) is 9.60. The minimum absolute atomic E-state index is 0.217. The van der Waals surface area contributed by atoms with Crippen molar-refractivity contribution in [3.8, 4) is 0 Å². The molecular weight excluding hydrogens is 194 g/mol. The zero-order valence-corrected chi connectivity index (χ0v) is 9.60. The highest BCUT2D eigenvalue weighted by Gasteiger charge is 2.12. The van der Waals surface area contributed by atoms with Crippen molar-refractivity contribution in [2.45, 2.75) is 39.8 Å². The number of hydrogen-bond acceptors (Lipinski definition) is 5. The number of aromatic nitrogens is 2. The van der Waals surface area contributed by atoms with Crippen molar-refractivity contribution >= 4 is 0 Å². The maximum absolute atomic E-state index is 8.79. The molecule has 1 aromatic rings. The molecule has 86 valence electrons. The third-order valence-electron chi connectivity index (χ3n) is 2.25. The lowest BCUT2D eigenvalue weighted by Gasteiger charge is -2.24. The van der Waals surface area contributed by atoms with Crippen LogP contribution in [0.2, 0.25) is 0 Å². The fraction of sp³-hybridized carbons (Fsp3) is 0.800. The molecule has 0 spiro atoms. The van der Waals surface area contributed by atoms with Crippen LogP contribution in [-0.4, -0.2) is 39.3 Å². The first-order valence-corrected chi connectivity index (χ1v) is 5.27. The Hall–Kier alpha value is -0.940. The van der Waals surface area contributed by atoms with Crippen LogP contribution < -0.4 is 0 Å². The fourth-order valence-electron chi connectivity index (χ4n) is 1.38. The Kier molecular flexibility index (Phi) is 4.71. The van der Waals surface area contributed by atoms with Gasteiger partial charge in [-0.3, -0.25) is 4.90 Å². The molecule has 5 nitrogen and oxygen atoms in total. The Labute approximate surface area is 90.1 Å². The van der Waals surface area contributed by atoms with Gasteiger partial charge in [-0.05, 0) is 20.3 Å². The second-order valence-corrected chi connectivity index (χ2v) is 3.87. The molecule has 0 saturated heterocycles. The average Bonchev–Trinajstić information content (AvgIpc) is 2.58. The van der Waals surface area contributed by atoms with E-state index in [1.807, 2.05) is 0 Å². The number of aliphatic hydroxyl groups is 1. The van der Waals surface area contributed by atoms with Gasteiger partial charge in [-0.2, -0.15) is 4.98 Å². The highest BCUT2D eigenvalue weighted by Crippen LogP contribution is 2.06. The summed E-state index contributed by atoms with van der Waals surface area (Å²) in [6, 6.07) is 0.412. The average molecular weight is 213 g/mol. The minimum atomic E-state index is 0.217. The number of nitrogens with zero attached hydrogens (tertiary/aromatic N) is 3. The molecule has 0 fully saturated rings. The van der Waals surface area contributed by atoms with Crippen molar-refractivity contribution in [3.63, 3.8) is 0 Å². The van der Waals surface area contributed by atoms with Gasteiger partial charge in [-0.1, -0.05) is 5.16 Å². The first kappa shape index (κ1) is 12.1. The molecule has 0 amide bonds. The Morgan fingerprint density at radius 2 is 2.20 bits per heavy atom. The number of hydrogen-bond donors (Lipinski definition) is 1. The summed E-state index contributed by atoms with van der Waals surface area (Å²) in [5.74, 6) is 1.30. The van der Waals surface area contributed by atoms with E-state index < -0.39 is 0 Å². The number of aliphatic hydroxyl groups excluding tert-OH is 1. The summed E-state index contributed by atoms with van der Waals surface area (Å²) in [6.45, 7) is 7.75. The molecule has 15 heavy (non-hydrogen) atoms. The fourth-order valence-corrected chi connectivity index (χ4v) is 1.38. The van der Waals surface area contributed by atoms with Crippen molar-refractivity contribution in [1.82, 2.24) is 15.0 Å². The second kappa shape index (κ2) is 5.82. The molecule has 0 aliphatic rings. The molecule has 0 bridgehead atoms. The maximum Gasteiger partial charge on any atom is 0.223 e. The molecular formula is C10H19N3O2. The van der Waals surface area contributed by atoms with Gasteiger partial charge in [0.15, 0.2) is 5.82 Å². The van der Waals surface area contributed by atoms with Gasteiger partial charge in [0.05, 0.1) is 6.54 Å². The van der Waals surface area contributed by atoms with Gasteiger partial charge in [-0.25, -0.2) is 0 Å². The summed E-state index contributed by atoms with van der Waals surface area (Å²) in [5, 5.41) is 12.6. The second-order valence-electron chi connectivity index (χ2n) is 3.87. The maximum atomic E-state index is 8.79. The predicted octanol–water partition coefficient (Wildman–Crippen LogP) is 0.971. The van der Waals surface area contributed by atoms with Crippen LogP contribution >= 0.6 is 0 Å². The minimum Gasteiger partial charge on any atom is -0.396 e. The van der Waals surface area contributed by atoms with Gasteiger partial charge < -0.3 is 9.63 Å². The monoisotopic (exact) mass is 213 g/mol. The summed E-state index contributed by atoms with van der Waals surface area (Å²) < 4.78 is 4.91. The molecule has 1 heterocycles. The molecule has 1 N–H and O–H groups in total. The van der Waals surface area contributed by atoms with E-state index in [9.17, 15) is 0 Å². The van der Waals surface area contributed by atoms with Gasteiger partial charge in [0.1, 0.15) is 0 Å². The molecule has 0 aromatic carbocycles.